The summed E-state index contributed by atoms with van der Waals surface area (Å²) in [7, 11) is 0. The summed E-state index contributed by atoms with van der Waals surface area (Å²) in [6, 6.07) is 13.8. The summed E-state index contributed by atoms with van der Waals surface area (Å²) in [5, 5.41) is 12.5. The van der Waals surface area contributed by atoms with Crippen LogP contribution >= 0.6 is 0 Å². The number of hydrogen-bond acceptors (Lipinski definition) is 4. The number of carbonyl (C=O) groups excluding carboxylic acids is 1. The number of piperazine rings is 1. The van der Waals surface area contributed by atoms with Crippen LogP contribution in [-0.4, -0.2) is 55.0 Å². The van der Waals surface area contributed by atoms with Crippen molar-refractivity contribution in [1.82, 2.24) is 10.2 Å². The molecule has 0 spiro atoms. The number of halogens is 3. The molecule has 9 heteroatoms. The molecule has 1 aliphatic rings. The topological polar surface area (TPSA) is 65.0 Å². The maximum atomic E-state index is 12.4. The maximum absolute atomic E-state index is 12.4. The SMILES string of the molecule is O=C(NCc1ccc(COCC(F)(F)F)cc1)N1CCN(c2cccc(O)c2)CC1. The van der Waals surface area contributed by atoms with Crippen molar-refractivity contribution in [1.29, 1.82) is 0 Å². The van der Waals surface area contributed by atoms with E-state index in [1.54, 1.807) is 47.4 Å². The largest absolute Gasteiger partial charge is 0.508 e. The highest BCUT2D eigenvalue weighted by atomic mass is 19.4. The summed E-state index contributed by atoms with van der Waals surface area (Å²) in [4.78, 5) is 16.2. The van der Waals surface area contributed by atoms with Gasteiger partial charge < -0.3 is 25.0 Å². The number of alkyl halides is 3. The van der Waals surface area contributed by atoms with Gasteiger partial charge in [0.25, 0.3) is 0 Å². The summed E-state index contributed by atoms with van der Waals surface area (Å²) in [5.74, 6) is 0.214. The first-order valence-electron chi connectivity index (χ1n) is 9.59. The lowest BCUT2D eigenvalue weighted by atomic mass is 10.1. The van der Waals surface area contributed by atoms with Gasteiger partial charge in [0.2, 0.25) is 0 Å². The average Bonchev–Trinajstić information content (AvgIpc) is 2.72. The highest BCUT2D eigenvalue weighted by Crippen LogP contribution is 2.21. The molecule has 2 amide bonds. The van der Waals surface area contributed by atoms with Crippen LogP contribution in [-0.2, 0) is 17.9 Å². The average molecular weight is 423 g/mol. The molecule has 162 valence electrons. The highest BCUT2D eigenvalue weighted by Gasteiger charge is 2.27. The van der Waals surface area contributed by atoms with E-state index < -0.39 is 12.8 Å². The summed E-state index contributed by atoms with van der Waals surface area (Å²) in [6.45, 7) is 1.41. The monoisotopic (exact) mass is 423 g/mol. The smallest absolute Gasteiger partial charge is 0.411 e. The molecule has 1 heterocycles. The van der Waals surface area contributed by atoms with Crippen molar-refractivity contribution < 1.29 is 27.8 Å². The molecule has 6 nitrogen and oxygen atoms in total. The number of benzene rings is 2. The highest BCUT2D eigenvalue weighted by molar-refractivity contribution is 5.74. The van der Waals surface area contributed by atoms with Gasteiger partial charge in [0.15, 0.2) is 0 Å². The Balaban J connectivity index is 1.40. The number of nitrogens with zero attached hydrogens (tertiary/aromatic N) is 2. The Bertz CT molecular complexity index is 835. The van der Waals surface area contributed by atoms with Gasteiger partial charge in [0, 0.05) is 44.5 Å². The molecule has 2 aromatic carbocycles. The van der Waals surface area contributed by atoms with Crippen LogP contribution in [0.1, 0.15) is 11.1 Å². The van der Waals surface area contributed by atoms with Crippen LogP contribution in [0.15, 0.2) is 48.5 Å². The van der Waals surface area contributed by atoms with Crippen molar-refractivity contribution in [3.8, 4) is 5.75 Å². The minimum atomic E-state index is -4.33. The first-order valence-corrected chi connectivity index (χ1v) is 9.59. The van der Waals surface area contributed by atoms with E-state index in [4.69, 9.17) is 0 Å². The second kappa shape index (κ2) is 9.71. The Hall–Kier alpha value is -2.94. The van der Waals surface area contributed by atoms with Gasteiger partial charge in [-0.05, 0) is 23.3 Å². The fourth-order valence-corrected chi connectivity index (χ4v) is 3.18. The third-order valence-corrected chi connectivity index (χ3v) is 4.76. The molecule has 0 atom stereocenters. The van der Waals surface area contributed by atoms with Gasteiger partial charge >= 0.3 is 12.2 Å². The number of urea groups is 1. The Morgan fingerprint density at radius 1 is 1.03 bits per heavy atom. The number of phenols is 1. The quantitative estimate of drug-likeness (QED) is 0.747. The fourth-order valence-electron chi connectivity index (χ4n) is 3.18. The predicted octanol–water partition coefficient (Wildman–Crippen LogP) is 3.50. The van der Waals surface area contributed by atoms with Crippen molar-refractivity contribution in [2.45, 2.75) is 19.3 Å². The number of ether oxygens (including phenoxy) is 1. The number of amides is 2. The Kier molecular flexibility index (Phi) is 7.04. The summed E-state index contributed by atoms with van der Waals surface area (Å²) in [5.41, 5.74) is 2.41. The number of hydrogen-bond donors (Lipinski definition) is 2. The minimum absolute atomic E-state index is 0.115. The molecule has 1 fully saturated rings. The molecular formula is C21H24F3N3O3. The second-order valence-electron chi connectivity index (χ2n) is 7.08. The lowest BCUT2D eigenvalue weighted by molar-refractivity contribution is -0.176. The van der Waals surface area contributed by atoms with Crippen LogP contribution in [0.3, 0.4) is 0 Å². The molecule has 0 unspecified atom stereocenters. The molecule has 2 aromatic rings. The summed E-state index contributed by atoms with van der Waals surface area (Å²) in [6.07, 6.45) is -4.33. The molecule has 0 radical (unpaired) electrons. The third-order valence-electron chi connectivity index (χ3n) is 4.76. The van der Waals surface area contributed by atoms with E-state index in [-0.39, 0.29) is 18.4 Å². The maximum Gasteiger partial charge on any atom is 0.411 e. The van der Waals surface area contributed by atoms with Gasteiger partial charge in [-0.25, -0.2) is 4.79 Å². The van der Waals surface area contributed by atoms with Crippen LogP contribution < -0.4 is 10.2 Å². The number of nitrogens with one attached hydrogen (secondary N) is 1. The Morgan fingerprint density at radius 2 is 1.70 bits per heavy atom. The number of anilines is 1. The third kappa shape index (κ3) is 6.55. The standard InChI is InChI=1S/C21H24F3N3O3/c22-21(23,24)15-30-14-17-6-4-16(5-7-17)13-25-20(29)27-10-8-26(9-11-27)18-2-1-3-19(28)12-18/h1-7,12,28H,8-11,13-15H2,(H,25,29). The van der Waals surface area contributed by atoms with Crippen molar-refractivity contribution >= 4 is 11.7 Å². The Labute approximate surface area is 172 Å². The van der Waals surface area contributed by atoms with Crippen LogP contribution in [0.5, 0.6) is 5.75 Å². The molecule has 0 aliphatic carbocycles. The van der Waals surface area contributed by atoms with Crippen molar-refractivity contribution in [2.24, 2.45) is 0 Å². The van der Waals surface area contributed by atoms with E-state index in [1.807, 2.05) is 6.07 Å². The number of carbonyl (C=O) groups is 1. The normalized spacial score (nSPS) is 14.6. The van der Waals surface area contributed by atoms with Crippen LogP contribution in [0.25, 0.3) is 0 Å². The predicted molar refractivity (Wildman–Crippen MR) is 106 cm³/mol. The molecular weight excluding hydrogens is 399 g/mol. The molecule has 3 rings (SSSR count). The zero-order valence-corrected chi connectivity index (χ0v) is 16.4. The molecule has 30 heavy (non-hydrogen) atoms. The molecule has 1 aliphatic heterocycles. The Morgan fingerprint density at radius 3 is 2.33 bits per heavy atom. The number of phenolic OH excluding ortho intramolecular Hbond substituents is 1. The first-order chi connectivity index (χ1) is 14.3. The number of rotatable bonds is 6. The van der Waals surface area contributed by atoms with Gasteiger partial charge in [0.05, 0.1) is 6.61 Å². The number of aromatic hydroxyl groups is 1. The van der Waals surface area contributed by atoms with E-state index in [0.717, 1.165) is 11.3 Å². The lowest BCUT2D eigenvalue weighted by Crippen LogP contribution is -2.51. The fraction of sp³-hybridized carbons (Fsp3) is 0.381. The van der Waals surface area contributed by atoms with Gasteiger partial charge in [-0.3, -0.25) is 0 Å². The van der Waals surface area contributed by atoms with Crippen LogP contribution in [0.2, 0.25) is 0 Å². The van der Waals surface area contributed by atoms with Crippen molar-refractivity contribution in [3.63, 3.8) is 0 Å². The van der Waals surface area contributed by atoms with Crippen LogP contribution in [0, 0.1) is 0 Å². The van der Waals surface area contributed by atoms with Gasteiger partial charge in [0.1, 0.15) is 12.4 Å². The molecule has 1 saturated heterocycles. The zero-order valence-electron chi connectivity index (χ0n) is 16.4. The first kappa shape index (κ1) is 21.8. The van der Waals surface area contributed by atoms with Gasteiger partial charge in [-0.1, -0.05) is 30.3 Å². The van der Waals surface area contributed by atoms with Crippen LogP contribution in [0.4, 0.5) is 23.7 Å². The van der Waals surface area contributed by atoms with Gasteiger partial charge in [-0.2, -0.15) is 13.2 Å². The second-order valence-corrected chi connectivity index (χ2v) is 7.08. The summed E-state index contributed by atoms with van der Waals surface area (Å²) >= 11 is 0. The van der Waals surface area contributed by atoms with E-state index in [2.05, 4.69) is 15.0 Å². The molecule has 0 bridgehead atoms. The van der Waals surface area contributed by atoms with Crippen molar-refractivity contribution in [3.05, 3.63) is 59.7 Å². The van der Waals surface area contributed by atoms with E-state index in [9.17, 15) is 23.1 Å². The van der Waals surface area contributed by atoms with Crippen molar-refractivity contribution in [2.75, 3.05) is 37.7 Å². The summed E-state index contributed by atoms with van der Waals surface area (Å²) < 4.78 is 40.9. The zero-order chi connectivity index (χ0) is 21.6. The minimum Gasteiger partial charge on any atom is -0.508 e. The van der Waals surface area contributed by atoms with E-state index >= 15 is 0 Å². The molecule has 2 N–H and O–H groups in total. The lowest BCUT2D eigenvalue weighted by Gasteiger charge is -2.36. The van der Waals surface area contributed by atoms with Gasteiger partial charge in [-0.15, -0.1) is 0 Å². The molecule has 0 aromatic heterocycles. The van der Waals surface area contributed by atoms with E-state index in [1.165, 1.54) is 0 Å². The molecule has 0 saturated carbocycles. The van der Waals surface area contributed by atoms with E-state index in [0.29, 0.717) is 38.3 Å².